The average Bonchev–Trinajstić information content (AvgIpc) is 2.54. The molecule has 0 bridgehead atoms. The Morgan fingerprint density at radius 1 is 1.50 bits per heavy atom. The zero-order chi connectivity index (χ0) is 12.8. The fourth-order valence-corrected chi connectivity index (χ4v) is 0.544. The summed E-state index contributed by atoms with van der Waals surface area (Å²) < 4.78 is 59.5. The highest BCUT2D eigenvalue weighted by Crippen LogP contribution is 2.20. The van der Waals surface area contributed by atoms with E-state index in [9.17, 15) is 13.2 Å². The van der Waals surface area contributed by atoms with Gasteiger partial charge < -0.3 is 4.57 Å². The van der Waals surface area contributed by atoms with Crippen LogP contribution in [0.25, 0.3) is 0 Å². The van der Waals surface area contributed by atoms with E-state index in [4.69, 9.17) is 13.0 Å². The SMILES string of the molecule is C=CCn1ccnc1.O=S(=O)(O)C(F)(F)F. The van der Waals surface area contributed by atoms with Gasteiger partial charge in [-0.3, -0.25) is 4.55 Å². The maximum absolute atomic E-state index is 10.7. The summed E-state index contributed by atoms with van der Waals surface area (Å²) in [7, 11) is -5.84. The van der Waals surface area contributed by atoms with E-state index < -0.39 is 15.6 Å². The molecule has 0 fully saturated rings. The van der Waals surface area contributed by atoms with Gasteiger partial charge in [0.2, 0.25) is 0 Å². The highest BCUT2D eigenvalue weighted by molar-refractivity contribution is 7.86. The Balaban J connectivity index is 0.000000281. The lowest BCUT2D eigenvalue weighted by molar-refractivity contribution is -0.0510. The van der Waals surface area contributed by atoms with Gasteiger partial charge in [0.25, 0.3) is 0 Å². The molecule has 5 nitrogen and oxygen atoms in total. The summed E-state index contributed by atoms with van der Waals surface area (Å²) in [6.45, 7) is 4.43. The standard InChI is InChI=1S/C6H8N2.CHF3O3S/c1-2-4-8-5-3-7-6-8;2-1(3,4)8(5,6)7/h2-3,5-6H,1,4H2;(H,5,6,7). The highest BCUT2D eigenvalue weighted by Gasteiger charge is 2.44. The predicted octanol–water partition coefficient (Wildman–Crippen LogP) is 1.46. The zero-order valence-electron chi connectivity index (χ0n) is 7.92. The zero-order valence-corrected chi connectivity index (χ0v) is 8.74. The number of allylic oxidation sites excluding steroid dienone is 1. The van der Waals surface area contributed by atoms with Gasteiger partial charge in [-0.15, -0.1) is 6.58 Å². The van der Waals surface area contributed by atoms with Crippen LogP contribution < -0.4 is 0 Å². The van der Waals surface area contributed by atoms with E-state index in [-0.39, 0.29) is 0 Å². The van der Waals surface area contributed by atoms with Gasteiger partial charge >= 0.3 is 15.6 Å². The van der Waals surface area contributed by atoms with Crippen molar-refractivity contribution in [2.24, 2.45) is 0 Å². The summed E-state index contributed by atoms with van der Waals surface area (Å²) >= 11 is 0. The summed E-state index contributed by atoms with van der Waals surface area (Å²) in [5.41, 5.74) is -5.53. The molecule has 0 saturated carbocycles. The summed E-state index contributed by atoms with van der Waals surface area (Å²) in [6, 6.07) is 0. The second kappa shape index (κ2) is 5.66. The Kier molecular flexibility index (Phi) is 5.18. The number of rotatable bonds is 2. The molecule has 1 aromatic heterocycles. The van der Waals surface area contributed by atoms with Gasteiger partial charge in [0, 0.05) is 18.9 Å². The predicted molar refractivity (Wildman–Crippen MR) is 50.0 cm³/mol. The Bertz CT molecular complexity index is 411. The van der Waals surface area contributed by atoms with Crippen LogP contribution in [-0.4, -0.2) is 28.0 Å². The van der Waals surface area contributed by atoms with Gasteiger partial charge in [-0.1, -0.05) is 6.08 Å². The number of hydrogen-bond acceptors (Lipinski definition) is 3. The third-order valence-corrected chi connectivity index (χ3v) is 1.78. The van der Waals surface area contributed by atoms with Gasteiger partial charge in [-0.2, -0.15) is 21.6 Å². The van der Waals surface area contributed by atoms with E-state index in [0.29, 0.717) is 0 Å². The number of imidazole rings is 1. The molecular formula is C7H9F3N2O3S. The lowest BCUT2D eigenvalue weighted by Gasteiger charge is -1.97. The van der Waals surface area contributed by atoms with Crippen molar-refractivity contribution >= 4 is 10.1 Å². The first-order chi connectivity index (χ1) is 7.18. The Morgan fingerprint density at radius 3 is 2.25 bits per heavy atom. The Labute approximate surface area is 90.0 Å². The molecule has 0 saturated heterocycles. The molecule has 16 heavy (non-hydrogen) atoms. The van der Waals surface area contributed by atoms with Crippen molar-refractivity contribution in [2.75, 3.05) is 0 Å². The summed E-state index contributed by atoms with van der Waals surface area (Å²) in [5, 5.41) is 0. The Hall–Kier alpha value is -1.35. The van der Waals surface area contributed by atoms with E-state index in [1.165, 1.54) is 0 Å². The monoisotopic (exact) mass is 258 g/mol. The van der Waals surface area contributed by atoms with Crippen LogP contribution in [-0.2, 0) is 16.7 Å². The van der Waals surface area contributed by atoms with Crippen LogP contribution in [0.5, 0.6) is 0 Å². The van der Waals surface area contributed by atoms with Crippen molar-refractivity contribution in [2.45, 2.75) is 12.1 Å². The van der Waals surface area contributed by atoms with Crippen LogP contribution in [0.4, 0.5) is 13.2 Å². The van der Waals surface area contributed by atoms with Crippen LogP contribution in [0.1, 0.15) is 0 Å². The van der Waals surface area contributed by atoms with Crippen LogP contribution in [0.3, 0.4) is 0 Å². The van der Waals surface area contributed by atoms with Crippen molar-refractivity contribution in [3.63, 3.8) is 0 Å². The van der Waals surface area contributed by atoms with Gasteiger partial charge in [-0.05, 0) is 0 Å². The van der Waals surface area contributed by atoms with Crippen molar-refractivity contribution in [1.29, 1.82) is 0 Å². The van der Waals surface area contributed by atoms with Crippen LogP contribution >= 0.6 is 0 Å². The van der Waals surface area contributed by atoms with Crippen LogP contribution in [0, 0.1) is 0 Å². The van der Waals surface area contributed by atoms with E-state index in [2.05, 4.69) is 11.6 Å². The fraction of sp³-hybridized carbons (Fsp3) is 0.286. The van der Waals surface area contributed by atoms with E-state index in [0.717, 1.165) is 6.54 Å². The average molecular weight is 258 g/mol. The Morgan fingerprint density at radius 2 is 2.00 bits per heavy atom. The topological polar surface area (TPSA) is 72.2 Å². The van der Waals surface area contributed by atoms with E-state index >= 15 is 0 Å². The molecule has 0 spiro atoms. The second-order valence-corrected chi connectivity index (χ2v) is 3.88. The molecule has 92 valence electrons. The maximum atomic E-state index is 10.7. The van der Waals surface area contributed by atoms with Crippen molar-refractivity contribution < 1.29 is 26.1 Å². The first-order valence-electron chi connectivity index (χ1n) is 3.79. The molecule has 0 amide bonds. The molecule has 0 aliphatic carbocycles. The molecule has 0 aliphatic rings. The molecule has 0 aliphatic heterocycles. The molecule has 0 radical (unpaired) electrons. The molecule has 1 aromatic rings. The van der Waals surface area contributed by atoms with E-state index in [1.807, 2.05) is 16.8 Å². The van der Waals surface area contributed by atoms with Gasteiger partial charge in [0.05, 0.1) is 6.33 Å². The maximum Gasteiger partial charge on any atom is 0.522 e. The molecule has 0 aromatic carbocycles. The third-order valence-electron chi connectivity index (χ3n) is 1.19. The summed E-state index contributed by atoms with van der Waals surface area (Å²) in [4.78, 5) is 3.86. The number of hydrogen-bond donors (Lipinski definition) is 1. The second-order valence-electron chi connectivity index (χ2n) is 2.47. The quantitative estimate of drug-likeness (QED) is 0.495. The summed E-state index contributed by atoms with van der Waals surface area (Å²) in [5.74, 6) is 0. The first-order valence-corrected chi connectivity index (χ1v) is 5.23. The number of nitrogens with zero attached hydrogens (tertiary/aromatic N) is 2. The number of alkyl halides is 3. The molecule has 1 rings (SSSR count). The lowest BCUT2D eigenvalue weighted by Crippen LogP contribution is -2.21. The van der Waals surface area contributed by atoms with Crippen molar-refractivity contribution in [3.8, 4) is 0 Å². The minimum atomic E-state index is -5.84. The third kappa shape index (κ3) is 5.51. The molecule has 9 heteroatoms. The fourth-order valence-electron chi connectivity index (χ4n) is 0.544. The van der Waals surface area contributed by atoms with Gasteiger partial charge in [0.15, 0.2) is 0 Å². The molecular weight excluding hydrogens is 249 g/mol. The highest BCUT2D eigenvalue weighted by atomic mass is 32.2. The molecule has 0 atom stereocenters. The number of aromatic nitrogens is 2. The normalized spacial score (nSPS) is 11.5. The van der Waals surface area contributed by atoms with Gasteiger partial charge in [0.1, 0.15) is 0 Å². The summed E-state index contributed by atoms with van der Waals surface area (Å²) in [6.07, 6.45) is 7.26. The lowest BCUT2D eigenvalue weighted by atomic mass is 10.6. The van der Waals surface area contributed by atoms with E-state index in [1.54, 1.807) is 12.5 Å². The molecule has 1 heterocycles. The minimum absolute atomic E-state index is 0.847. The largest absolute Gasteiger partial charge is 0.522 e. The molecule has 0 unspecified atom stereocenters. The van der Waals surface area contributed by atoms with Crippen LogP contribution in [0.2, 0.25) is 0 Å². The van der Waals surface area contributed by atoms with Crippen molar-refractivity contribution in [1.82, 2.24) is 9.55 Å². The smallest absolute Gasteiger partial charge is 0.334 e. The van der Waals surface area contributed by atoms with Gasteiger partial charge in [-0.25, -0.2) is 4.98 Å². The van der Waals surface area contributed by atoms with Crippen molar-refractivity contribution in [3.05, 3.63) is 31.4 Å². The minimum Gasteiger partial charge on any atom is -0.334 e. The number of halogens is 3. The first kappa shape index (κ1) is 14.7. The van der Waals surface area contributed by atoms with Crippen LogP contribution in [0.15, 0.2) is 31.4 Å². The molecule has 1 N–H and O–H groups in total.